The Morgan fingerprint density at radius 1 is 1.32 bits per heavy atom. The lowest BCUT2D eigenvalue weighted by molar-refractivity contribution is -0.139. The molecule has 0 atom stereocenters. The molecule has 2 aromatic heterocycles. The van der Waals surface area contributed by atoms with Crippen LogP contribution in [0.3, 0.4) is 0 Å². The van der Waals surface area contributed by atoms with E-state index in [1.807, 2.05) is 13.8 Å². The Labute approximate surface area is 109 Å². The van der Waals surface area contributed by atoms with Crippen molar-refractivity contribution in [1.82, 2.24) is 9.38 Å². The number of imidazole rings is 1. The third-order valence-corrected chi connectivity index (χ3v) is 3.00. The summed E-state index contributed by atoms with van der Waals surface area (Å²) >= 11 is 0. The molecule has 0 unspecified atom stereocenters. The Bertz CT molecular complexity index is 609. The summed E-state index contributed by atoms with van der Waals surface area (Å²) in [5, 5.41) is 0. The van der Waals surface area contributed by atoms with Crippen molar-refractivity contribution in [3.63, 3.8) is 0 Å². The number of halogens is 3. The number of hydrogen-bond acceptors (Lipinski definition) is 1. The first-order valence-electron chi connectivity index (χ1n) is 6.20. The number of nitrogens with zero attached hydrogens (tertiary/aromatic N) is 2. The highest BCUT2D eigenvalue weighted by molar-refractivity contribution is 5.67. The normalized spacial score (nSPS) is 13.2. The molecule has 0 N–H and O–H groups in total. The van der Waals surface area contributed by atoms with Crippen LogP contribution >= 0.6 is 0 Å². The Kier molecular flexibility index (Phi) is 3.64. The molecule has 0 amide bonds. The Morgan fingerprint density at radius 3 is 2.63 bits per heavy atom. The van der Waals surface area contributed by atoms with E-state index in [2.05, 4.69) is 11.1 Å². The minimum Gasteiger partial charge on any atom is -0.305 e. The fourth-order valence-corrected chi connectivity index (χ4v) is 2.12. The fraction of sp³-hybridized carbons (Fsp3) is 0.357. The summed E-state index contributed by atoms with van der Waals surface area (Å²) in [6.07, 6.45) is 2.33. The van der Waals surface area contributed by atoms with E-state index in [4.69, 9.17) is 0 Å². The number of rotatable bonds is 3. The van der Waals surface area contributed by atoms with Crippen molar-refractivity contribution in [2.75, 3.05) is 0 Å². The quantitative estimate of drug-likeness (QED) is 0.797. The van der Waals surface area contributed by atoms with Gasteiger partial charge in [-0.05, 0) is 30.0 Å². The van der Waals surface area contributed by atoms with E-state index in [0.29, 0.717) is 0 Å². The number of allylic oxidation sites excluding steroid dienone is 2. The Morgan fingerprint density at radius 2 is 2.05 bits per heavy atom. The maximum Gasteiger partial charge on any atom is 0.435 e. The van der Waals surface area contributed by atoms with E-state index in [1.165, 1.54) is 16.8 Å². The second-order valence-corrected chi connectivity index (χ2v) is 4.29. The minimum absolute atomic E-state index is 0.0863. The van der Waals surface area contributed by atoms with Crippen LogP contribution < -0.4 is 0 Å². The minimum atomic E-state index is -4.41. The van der Waals surface area contributed by atoms with Crippen LogP contribution in [0.2, 0.25) is 0 Å². The SMILES string of the molecule is CC/C=C(/CC)c1ccc2c(C(F)(F)F)ncn2c1. The van der Waals surface area contributed by atoms with E-state index in [0.717, 1.165) is 24.0 Å². The van der Waals surface area contributed by atoms with Gasteiger partial charge in [0, 0.05) is 6.20 Å². The first-order valence-corrected chi connectivity index (χ1v) is 6.20. The van der Waals surface area contributed by atoms with Crippen LogP contribution in [0.5, 0.6) is 0 Å². The lowest BCUT2D eigenvalue weighted by Crippen LogP contribution is -2.06. The zero-order valence-electron chi connectivity index (χ0n) is 10.8. The molecule has 0 fully saturated rings. The van der Waals surface area contributed by atoms with Gasteiger partial charge in [-0.2, -0.15) is 13.2 Å². The van der Waals surface area contributed by atoms with Crippen LogP contribution in [0, 0.1) is 0 Å². The molecule has 0 aliphatic heterocycles. The van der Waals surface area contributed by atoms with Crippen molar-refractivity contribution in [1.29, 1.82) is 0 Å². The van der Waals surface area contributed by atoms with Gasteiger partial charge in [0.2, 0.25) is 0 Å². The van der Waals surface area contributed by atoms with Crippen LogP contribution in [0.15, 0.2) is 30.7 Å². The van der Waals surface area contributed by atoms with E-state index in [9.17, 15) is 13.2 Å². The first-order chi connectivity index (χ1) is 8.97. The molecule has 0 radical (unpaired) electrons. The summed E-state index contributed by atoms with van der Waals surface area (Å²) in [6, 6.07) is 3.20. The molecule has 0 aliphatic rings. The van der Waals surface area contributed by atoms with Gasteiger partial charge in [0.25, 0.3) is 0 Å². The zero-order chi connectivity index (χ0) is 14.0. The Balaban J connectivity index is 2.52. The van der Waals surface area contributed by atoms with E-state index in [-0.39, 0.29) is 5.52 Å². The van der Waals surface area contributed by atoms with Crippen LogP contribution in [-0.2, 0) is 6.18 Å². The summed E-state index contributed by atoms with van der Waals surface area (Å²) in [5.41, 5.74) is 1.31. The molecule has 2 rings (SSSR count). The largest absolute Gasteiger partial charge is 0.435 e. The lowest BCUT2D eigenvalue weighted by Gasteiger charge is -2.07. The van der Waals surface area contributed by atoms with Gasteiger partial charge in [-0.25, -0.2) is 4.98 Å². The topological polar surface area (TPSA) is 17.3 Å². The molecule has 0 saturated carbocycles. The van der Waals surface area contributed by atoms with Crippen LogP contribution in [-0.4, -0.2) is 9.38 Å². The molecule has 0 aliphatic carbocycles. The van der Waals surface area contributed by atoms with Crippen molar-refractivity contribution in [3.05, 3.63) is 42.0 Å². The second kappa shape index (κ2) is 5.07. The number of alkyl halides is 3. The van der Waals surface area contributed by atoms with Gasteiger partial charge < -0.3 is 4.40 Å². The highest BCUT2D eigenvalue weighted by Gasteiger charge is 2.35. The van der Waals surface area contributed by atoms with Gasteiger partial charge in [-0.15, -0.1) is 0 Å². The molecule has 0 bridgehead atoms. The van der Waals surface area contributed by atoms with Gasteiger partial charge >= 0.3 is 6.18 Å². The molecule has 19 heavy (non-hydrogen) atoms. The summed E-state index contributed by atoms with van der Waals surface area (Å²) in [6.45, 7) is 4.06. The van der Waals surface area contributed by atoms with Gasteiger partial charge in [-0.3, -0.25) is 0 Å². The average molecular weight is 268 g/mol. The molecule has 5 heteroatoms. The van der Waals surface area contributed by atoms with Crippen molar-refractivity contribution in [2.24, 2.45) is 0 Å². The monoisotopic (exact) mass is 268 g/mol. The smallest absolute Gasteiger partial charge is 0.305 e. The number of hydrogen-bond donors (Lipinski definition) is 0. The molecule has 0 saturated heterocycles. The first kappa shape index (κ1) is 13.6. The maximum atomic E-state index is 12.7. The molecular formula is C14H15F3N2. The van der Waals surface area contributed by atoms with Gasteiger partial charge in [-0.1, -0.05) is 26.0 Å². The van der Waals surface area contributed by atoms with Crippen molar-refractivity contribution < 1.29 is 13.2 Å². The molecular weight excluding hydrogens is 253 g/mol. The van der Waals surface area contributed by atoms with Gasteiger partial charge in [0.15, 0.2) is 5.69 Å². The highest BCUT2D eigenvalue weighted by atomic mass is 19.4. The highest BCUT2D eigenvalue weighted by Crippen LogP contribution is 2.31. The van der Waals surface area contributed by atoms with E-state index >= 15 is 0 Å². The second-order valence-electron chi connectivity index (χ2n) is 4.29. The van der Waals surface area contributed by atoms with Crippen molar-refractivity contribution in [2.45, 2.75) is 32.9 Å². The number of aromatic nitrogens is 2. The predicted octanol–water partition coefficient (Wildman–Crippen LogP) is 4.56. The molecule has 0 aromatic carbocycles. The average Bonchev–Trinajstić information content (AvgIpc) is 2.78. The molecule has 102 valence electrons. The summed E-state index contributed by atoms with van der Waals surface area (Å²) in [4.78, 5) is 3.46. The van der Waals surface area contributed by atoms with Crippen LogP contribution in [0.1, 0.15) is 37.9 Å². The maximum absolute atomic E-state index is 12.7. The number of fused-ring (bicyclic) bond motifs is 1. The Hall–Kier alpha value is -1.78. The summed E-state index contributed by atoms with van der Waals surface area (Å²) in [5.74, 6) is 0. The molecule has 0 spiro atoms. The standard InChI is InChI=1S/C14H15F3N2/c1-3-5-10(4-2)11-6-7-12-13(14(15,16)17)18-9-19(12)8-11/h5-9H,3-4H2,1-2H3/b10-5-. The van der Waals surface area contributed by atoms with Crippen LogP contribution in [0.25, 0.3) is 11.1 Å². The molecule has 2 nitrogen and oxygen atoms in total. The zero-order valence-corrected chi connectivity index (χ0v) is 10.8. The van der Waals surface area contributed by atoms with E-state index < -0.39 is 11.9 Å². The molecule has 2 heterocycles. The predicted molar refractivity (Wildman–Crippen MR) is 68.8 cm³/mol. The van der Waals surface area contributed by atoms with Gasteiger partial charge in [0.05, 0.1) is 11.8 Å². The summed E-state index contributed by atoms with van der Waals surface area (Å²) in [7, 11) is 0. The number of pyridine rings is 1. The van der Waals surface area contributed by atoms with Gasteiger partial charge in [0.1, 0.15) is 0 Å². The van der Waals surface area contributed by atoms with E-state index in [1.54, 1.807) is 12.3 Å². The fourth-order valence-electron chi connectivity index (χ4n) is 2.12. The lowest BCUT2D eigenvalue weighted by atomic mass is 10.0. The third-order valence-electron chi connectivity index (χ3n) is 3.00. The van der Waals surface area contributed by atoms with Crippen molar-refractivity contribution >= 4 is 11.1 Å². The van der Waals surface area contributed by atoms with Crippen LogP contribution in [0.4, 0.5) is 13.2 Å². The third kappa shape index (κ3) is 2.64. The molecule has 2 aromatic rings. The van der Waals surface area contributed by atoms with Crippen molar-refractivity contribution in [3.8, 4) is 0 Å². The summed E-state index contributed by atoms with van der Waals surface area (Å²) < 4.78 is 39.6.